The first-order valence-corrected chi connectivity index (χ1v) is 8.31. The monoisotopic (exact) mass is 338 g/mol. The van der Waals surface area contributed by atoms with E-state index in [0.717, 1.165) is 10.4 Å². The number of aliphatic carboxylic acids is 1. The van der Waals surface area contributed by atoms with E-state index in [-0.39, 0.29) is 6.10 Å². The summed E-state index contributed by atoms with van der Waals surface area (Å²) >= 11 is 1.46. The van der Waals surface area contributed by atoms with Gasteiger partial charge in [-0.05, 0) is 32.3 Å². The fraction of sp³-hybridized carbons (Fsp3) is 0.533. The second kappa shape index (κ2) is 5.93. The molecule has 2 aliphatic heterocycles. The van der Waals surface area contributed by atoms with Crippen LogP contribution in [0.15, 0.2) is 5.38 Å². The number of aryl methyl sites for hydroxylation is 1. The fourth-order valence-electron chi connectivity index (χ4n) is 3.33. The first kappa shape index (κ1) is 15.9. The molecular weight excluding hydrogens is 320 g/mol. The van der Waals surface area contributed by atoms with Crippen molar-refractivity contribution in [2.75, 3.05) is 0 Å². The maximum Gasteiger partial charge on any atom is 0.310 e. The van der Waals surface area contributed by atoms with Gasteiger partial charge in [-0.25, -0.2) is 0 Å². The molecule has 2 saturated heterocycles. The highest BCUT2D eigenvalue weighted by Crippen LogP contribution is 2.43. The lowest BCUT2D eigenvalue weighted by Gasteiger charge is -2.23. The molecule has 0 unspecified atom stereocenters. The van der Waals surface area contributed by atoms with Crippen LogP contribution in [0.4, 0.5) is 0 Å². The standard InChI is InChI=1S/C15H18N2O5S/c1-6-7(2)23-5-8(6)13(18)16-17-14(19)11-9-3-4-10(22-9)12(11)15(20)21/h5,9-12H,3-4H2,1-2H3,(H,16,18)(H,17,19)(H,20,21)/t9-,10-,11-,12-/m1/s1. The average Bonchev–Trinajstić information content (AvgIpc) is 3.20. The Hall–Kier alpha value is -1.93. The minimum Gasteiger partial charge on any atom is -0.481 e. The number of carbonyl (C=O) groups excluding carboxylic acids is 2. The second-order valence-electron chi connectivity index (χ2n) is 5.95. The van der Waals surface area contributed by atoms with E-state index in [0.29, 0.717) is 18.4 Å². The third-order valence-corrected chi connectivity index (χ3v) is 5.70. The lowest BCUT2D eigenvalue weighted by atomic mass is 9.79. The Morgan fingerprint density at radius 3 is 2.39 bits per heavy atom. The summed E-state index contributed by atoms with van der Waals surface area (Å²) < 4.78 is 5.54. The highest BCUT2D eigenvalue weighted by molar-refractivity contribution is 7.10. The van der Waals surface area contributed by atoms with Gasteiger partial charge in [0.05, 0.1) is 29.6 Å². The number of hydrogen-bond donors (Lipinski definition) is 3. The average molecular weight is 338 g/mol. The van der Waals surface area contributed by atoms with Crippen LogP contribution < -0.4 is 10.9 Å². The van der Waals surface area contributed by atoms with Gasteiger partial charge in [0.2, 0.25) is 5.91 Å². The molecule has 2 bridgehead atoms. The van der Waals surface area contributed by atoms with Crippen molar-refractivity contribution in [2.24, 2.45) is 11.8 Å². The summed E-state index contributed by atoms with van der Waals surface area (Å²) in [5.41, 5.74) is 6.10. The van der Waals surface area contributed by atoms with E-state index in [4.69, 9.17) is 4.74 Å². The van der Waals surface area contributed by atoms with Crippen molar-refractivity contribution in [1.29, 1.82) is 0 Å². The van der Waals surface area contributed by atoms with Crippen LogP contribution in [0.1, 0.15) is 33.6 Å². The van der Waals surface area contributed by atoms with Crippen molar-refractivity contribution in [3.05, 3.63) is 21.4 Å². The van der Waals surface area contributed by atoms with E-state index in [2.05, 4.69) is 10.9 Å². The zero-order chi connectivity index (χ0) is 16.7. The summed E-state index contributed by atoms with van der Waals surface area (Å²) in [6, 6.07) is 0. The molecule has 1 aromatic heterocycles. The van der Waals surface area contributed by atoms with Crippen molar-refractivity contribution in [3.63, 3.8) is 0 Å². The van der Waals surface area contributed by atoms with Gasteiger partial charge in [0.25, 0.3) is 5.91 Å². The van der Waals surface area contributed by atoms with Crippen LogP contribution in [-0.4, -0.2) is 35.1 Å². The molecule has 3 heterocycles. The molecule has 0 aliphatic carbocycles. The maximum atomic E-state index is 12.3. The third kappa shape index (κ3) is 2.72. The zero-order valence-electron chi connectivity index (χ0n) is 12.8. The first-order chi connectivity index (χ1) is 10.9. The van der Waals surface area contributed by atoms with Crippen LogP contribution >= 0.6 is 11.3 Å². The lowest BCUT2D eigenvalue weighted by molar-refractivity contribution is -0.148. The zero-order valence-corrected chi connectivity index (χ0v) is 13.6. The minimum absolute atomic E-state index is 0.386. The van der Waals surface area contributed by atoms with Crippen LogP contribution in [0.25, 0.3) is 0 Å². The van der Waals surface area contributed by atoms with E-state index >= 15 is 0 Å². The summed E-state index contributed by atoms with van der Waals surface area (Å²) in [5, 5.41) is 11.0. The van der Waals surface area contributed by atoms with Crippen molar-refractivity contribution in [2.45, 2.75) is 38.9 Å². The van der Waals surface area contributed by atoms with Gasteiger partial charge in [0.1, 0.15) is 0 Å². The quantitative estimate of drug-likeness (QED) is 0.713. The van der Waals surface area contributed by atoms with E-state index in [9.17, 15) is 19.5 Å². The molecule has 7 nitrogen and oxygen atoms in total. The molecule has 8 heteroatoms. The van der Waals surface area contributed by atoms with Gasteiger partial charge in [-0.15, -0.1) is 11.3 Å². The molecule has 4 atom stereocenters. The molecule has 0 radical (unpaired) electrons. The molecule has 3 rings (SSSR count). The van der Waals surface area contributed by atoms with Gasteiger partial charge in [0, 0.05) is 10.3 Å². The first-order valence-electron chi connectivity index (χ1n) is 7.43. The van der Waals surface area contributed by atoms with Crippen molar-refractivity contribution >= 4 is 29.1 Å². The highest BCUT2D eigenvalue weighted by Gasteiger charge is 2.55. The molecule has 0 saturated carbocycles. The number of hydrogen-bond acceptors (Lipinski definition) is 5. The van der Waals surface area contributed by atoms with Crippen LogP contribution in [0.5, 0.6) is 0 Å². The van der Waals surface area contributed by atoms with E-state index in [1.54, 1.807) is 5.38 Å². The topological polar surface area (TPSA) is 105 Å². The summed E-state index contributed by atoms with van der Waals surface area (Å²) in [6.07, 6.45) is 0.530. The molecule has 0 aromatic carbocycles. The lowest BCUT2D eigenvalue weighted by Crippen LogP contribution is -2.50. The van der Waals surface area contributed by atoms with Crippen molar-refractivity contribution < 1.29 is 24.2 Å². The number of carboxylic acid groups (broad SMARTS) is 1. The second-order valence-corrected chi connectivity index (χ2v) is 7.04. The summed E-state index contributed by atoms with van der Waals surface area (Å²) in [6.45, 7) is 3.76. The molecule has 23 heavy (non-hydrogen) atoms. The smallest absolute Gasteiger partial charge is 0.310 e. The molecule has 124 valence electrons. The van der Waals surface area contributed by atoms with Crippen LogP contribution in [0.3, 0.4) is 0 Å². The Balaban J connectivity index is 1.64. The maximum absolute atomic E-state index is 12.3. The summed E-state index contributed by atoms with van der Waals surface area (Å²) in [4.78, 5) is 36.8. The number of thiophene rings is 1. The molecular formula is C15H18N2O5S. The Labute approximate surface area is 137 Å². The Bertz CT molecular complexity index is 671. The highest BCUT2D eigenvalue weighted by atomic mass is 32.1. The van der Waals surface area contributed by atoms with Gasteiger partial charge < -0.3 is 9.84 Å². The number of fused-ring (bicyclic) bond motifs is 2. The number of hydrazine groups is 1. The predicted molar refractivity (Wildman–Crippen MR) is 81.9 cm³/mol. The van der Waals surface area contributed by atoms with E-state index in [1.165, 1.54) is 11.3 Å². The summed E-state index contributed by atoms with van der Waals surface area (Å²) in [7, 11) is 0. The van der Waals surface area contributed by atoms with Gasteiger partial charge in [-0.2, -0.15) is 0 Å². The van der Waals surface area contributed by atoms with Crippen LogP contribution in [0.2, 0.25) is 0 Å². The van der Waals surface area contributed by atoms with Gasteiger partial charge in [-0.1, -0.05) is 0 Å². The Kier molecular flexibility index (Phi) is 4.11. The number of rotatable bonds is 3. The number of amides is 2. The molecule has 3 N–H and O–H groups in total. The third-order valence-electron chi connectivity index (χ3n) is 4.69. The number of carboxylic acids is 1. The molecule has 1 aromatic rings. The van der Waals surface area contributed by atoms with Gasteiger partial charge in [-0.3, -0.25) is 25.2 Å². The largest absolute Gasteiger partial charge is 0.481 e. The molecule has 0 spiro atoms. The van der Waals surface area contributed by atoms with E-state index in [1.807, 2.05) is 13.8 Å². The van der Waals surface area contributed by atoms with Crippen molar-refractivity contribution in [1.82, 2.24) is 10.9 Å². The van der Waals surface area contributed by atoms with Crippen molar-refractivity contribution in [3.8, 4) is 0 Å². The SMILES string of the molecule is Cc1scc(C(=O)NNC(=O)[C@H]2[C@H](C(=O)O)[C@H]3CC[C@H]2O3)c1C. The van der Waals surface area contributed by atoms with E-state index < -0.39 is 35.7 Å². The van der Waals surface area contributed by atoms with Crippen LogP contribution in [-0.2, 0) is 14.3 Å². The number of nitrogens with one attached hydrogen (secondary N) is 2. The normalized spacial score (nSPS) is 28.6. The minimum atomic E-state index is -1.03. The van der Waals surface area contributed by atoms with Crippen LogP contribution in [0, 0.1) is 25.7 Å². The Morgan fingerprint density at radius 1 is 1.17 bits per heavy atom. The Morgan fingerprint density at radius 2 is 1.83 bits per heavy atom. The molecule has 2 amide bonds. The summed E-state index contributed by atoms with van der Waals surface area (Å²) in [5.74, 6) is -3.57. The molecule has 2 fully saturated rings. The molecule has 2 aliphatic rings. The number of carbonyl (C=O) groups is 3. The van der Waals surface area contributed by atoms with Gasteiger partial charge in [0.15, 0.2) is 0 Å². The number of ether oxygens (including phenoxy) is 1. The fourth-order valence-corrected chi connectivity index (χ4v) is 4.20. The van der Waals surface area contributed by atoms with Gasteiger partial charge >= 0.3 is 5.97 Å². The predicted octanol–water partition coefficient (Wildman–Crippen LogP) is 1.00.